The molecule has 0 spiro atoms. The molecule has 2 rings (SSSR count). The van der Waals surface area contributed by atoms with Gasteiger partial charge in [-0.25, -0.2) is 4.99 Å². The van der Waals surface area contributed by atoms with Gasteiger partial charge in [0.15, 0.2) is 17.5 Å². The van der Waals surface area contributed by atoms with Gasteiger partial charge in [0.2, 0.25) is 5.91 Å². The number of guanidine groups is 1. The Kier molecular flexibility index (Phi) is 9.40. The van der Waals surface area contributed by atoms with Crippen molar-refractivity contribution in [3.8, 4) is 11.5 Å². The van der Waals surface area contributed by atoms with Gasteiger partial charge in [0.25, 0.3) is 0 Å². The predicted molar refractivity (Wildman–Crippen MR) is 109 cm³/mol. The molecule has 25 heavy (non-hydrogen) atoms. The van der Waals surface area contributed by atoms with Gasteiger partial charge < -0.3 is 25.4 Å². The van der Waals surface area contributed by atoms with Crippen molar-refractivity contribution in [2.75, 3.05) is 40.4 Å². The van der Waals surface area contributed by atoms with Gasteiger partial charge in [-0.15, -0.1) is 24.0 Å². The number of ether oxygens (including phenoxy) is 2. The van der Waals surface area contributed by atoms with E-state index in [-0.39, 0.29) is 36.4 Å². The molecular formula is C17H27IN4O3. The summed E-state index contributed by atoms with van der Waals surface area (Å²) >= 11 is 0. The number of carbonyl (C=O) groups is 1. The molecule has 8 heteroatoms. The van der Waals surface area contributed by atoms with Crippen LogP contribution in [0.15, 0.2) is 23.2 Å². The lowest BCUT2D eigenvalue weighted by Crippen LogP contribution is -2.35. The van der Waals surface area contributed by atoms with Crippen LogP contribution in [0.4, 0.5) is 0 Å². The van der Waals surface area contributed by atoms with Crippen molar-refractivity contribution in [2.24, 2.45) is 10.7 Å². The van der Waals surface area contributed by atoms with E-state index in [4.69, 9.17) is 15.2 Å². The van der Waals surface area contributed by atoms with Crippen LogP contribution < -0.4 is 20.5 Å². The van der Waals surface area contributed by atoms with Crippen LogP contribution in [-0.4, -0.2) is 57.2 Å². The minimum atomic E-state index is 0. The van der Waals surface area contributed by atoms with Crippen LogP contribution in [0.2, 0.25) is 0 Å². The summed E-state index contributed by atoms with van der Waals surface area (Å²) in [6.45, 7) is 2.40. The predicted octanol–water partition coefficient (Wildman–Crippen LogP) is 1.39. The van der Waals surface area contributed by atoms with Crippen LogP contribution in [-0.2, 0) is 11.2 Å². The lowest BCUT2D eigenvalue weighted by Gasteiger charge is -2.13. The van der Waals surface area contributed by atoms with Gasteiger partial charge in [-0.1, -0.05) is 6.07 Å². The molecule has 1 saturated heterocycles. The summed E-state index contributed by atoms with van der Waals surface area (Å²) in [5.74, 6) is 1.74. The molecular weight excluding hydrogens is 435 g/mol. The molecule has 1 amide bonds. The van der Waals surface area contributed by atoms with E-state index in [1.165, 1.54) is 0 Å². The van der Waals surface area contributed by atoms with E-state index in [0.717, 1.165) is 37.9 Å². The summed E-state index contributed by atoms with van der Waals surface area (Å²) < 4.78 is 10.5. The molecule has 0 atom stereocenters. The van der Waals surface area contributed by atoms with Crippen molar-refractivity contribution in [2.45, 2.75) is 19.3 Å². The number of halogens is 1. The first-order valence-electron chi connectivity index (χ1n) is 8.16. The normalized spacial score (nSPS) is 14.0. The second-order valence-corrected chi connectivity index (χ2v) is 5.66. The summed E-state index contributed by atoms with van der Waals surface area (Å²) in [6, 6.07) is 5.79. The lowest BCUT2D eigenvalue weighted by molar-refractivity contribution is -0.128. The SMILES string of the molecule is COc1ccc(CCNC(N)=NCC(=O)N2CCCC2)cc1OC.I. The minimum Gasteiger partial charge on any atom is -0.493 e. The fourth-order valence-electron chi connectivity index (χ4n) is 2.65. The highest BCUT2D eigenvalue weighted by Gasteiger charge is 2.16. The van der Waals surface area contributed by atoms with Gasteiger partial charge in [-0.3, -0.25) is 4.79 Å². The van der Waals surface area contributed by atoms with E-state index >= 15 is 0 Å². The number of nitrogens with two attached hydrogens (primary N) is 1. The monoisotopic (exact) mass is 462 g/mol. The first-order chi connectivity index (χ1) is 11.6. The number of carbonyl (C=O) groups excluding carboxylic acids is 1. The van der Waals surface area contributed by atoms with Crippen LogP contribution in [0, 0.1) is 0 Å². The van der Waals surface area contributed by atoms with E-state index in [2.05, 4.69) is 10.3 Å². The van der Waals surface area contributed by atoms with E-state index in [0.29, 0.717) is 24.0 Å². The molecule has 1 aliphatic rings. The number of hydrogen-bond acceptors (Lipinski definition) is 4. The topological polar surface area (TPSA) is 89.2 Å². The highest BCUT2D eigenvalue weighted by molar-refractivity contribution is 14.0. The van der Waals surface area contributed by atoms with E-state index in [1.807, 2.05) is 23.1 Å². The Morgan fingerprint density at radius 1 is 1.24 bits per heavy atom. The van der Waals surface area contributed by atoms with Crippen LogP contribution in [0.3, 0.4) is 0 Å². The largest absolute Gasteiger partial charge is 0.493 e. The molecule has 3 N–H and O–H groups in total. The number of rotatable bonds is 7. The fourth-order valence-corrected chi connectivity index (χ4v) is 2.65. The molecule has 0 unspecified atom stereocenters. The van der Waals surface area contributed by atoms with Crippen molar-refractivity contribution in [1.82, 2.24) is 10.2 Å². The highest BCUT2D eigenvalue weighted by atomic mass is 127. The first-order valence-corrected chi connectivity index (χ1v) is 8.16. The van der Waals surface area contributed by atoms with Gasteiger partial charge in [-0.2, -0.15) is 0 Å². The zero-order valence-corrected chi connectivity index (χ0v) is 17.1. The summed E-state index contributed by atoms with van der Waals surface area (Å²) in [7, 11) is 3.22. The van der Waals surface area contributed by atoms with Crippen molar-refractivity contribution in [3.63, 3.8) is 0 Å². The average Bonchev–Trinajstić information content (AvgIpc) is 3.14. The van der Waals surface area contributed by atoms with Gasteiger partial charge in [-0.05, 0) is 37.0 Å². The number of benzene rings is 1. The third-order valence-electron chi connectivity index (χ3n) is 4.01. The molecule has 1 heterocycles. The van der Waals surface area contributed by atoms with Crippen molar-refractivity contribution in [1.29, 1.82) is 0 Å². The molecule has 1 aromatic carbocycles. The van der Waals surface area contributed by atoms with E-state index in [9.17, 15) is 4.79 Å². The number of methoxy groups -OCH3 is 2. The molecule has 1 aromatic rings. The molecule has 0 aliphatic carbocycles. The maximum absolute atomic E-state index is 11.9. The van der Waals surface area contributed by atoms with Crippen LogP contribution in [0.5, 0.6) is 11.5 Å². The maximum atomic E-state index is 11.9. The van der Waals surface area contributed by atoms with E-state index < -0.39 is 0 Å². The maximum Gasteiger partial charge on any atom is 0.244 e. The summed E-state index contributed by atoms with van der Waals surface area (Å²) in [5, 5.41) is 3.03. The number of nitrogens with one attached hydrogen (secondary N) is 1. The highest BCUT2D eigenvalue weighted by Crippen LogP contribution is 2.27. The van der Waals surface area contributed by atoms with Gasteiger partial charge in [0.05, 0.1) is 14.2 Å². The van der Waals surface area contributed by atoms with E-state index in [1.54, 1.807) is 14.2 Å². The van der Waals surface area contributed by atoms with Crippen LogP contribution >= 0.6 is 24.0 Å². The number of hydrogen-bond donors (Lipinski definition) is 2. The van der Waals surface area contributed by atoms with Crippen LogP contribution in [0.1, 0.15) is 18.4 Å². The van der Waals surface area contributed by atoms with Crippen molar-refractivity contribution >= 4 is 35.8 Å². The van der Waals surface area contributed by atoms with Crippen molar-refractivity contribution < 1.29 is 14.3 Å². The van der Waals surface area contributed by atoms with Crippen molar-refractivity contribution in [3.05, 3.63) is 23.8 Å². The zero-order chi connectivity index (χ0) is 17.4. The third-order valence-corrected chi connectivity index (χ3v) is 4.01. The quantitative estimate of drug-likeness (QED) is 0.363. The number of amides is 1. The Morgan fingerprint density at radius 3 is 2.56 bits per heavy atom. The van der Waals surface area contributed by atoms with Gasteiger partial charge >= 0.3 is 0 Å². The number of nitrogens with zero attached hydrogens (tertiary/aromatic N) is 2. The smallest absolute Gasteiger partial charge is 0.244 e. The number of likely N-dealkylation sites (tertiary alicyclic amines) is 1. The van der Waals surface area contributed by atoms with Gasteiger partial charge in [0.1, 0.15) is 6.54 Å². The molecule has 1 fully saturated rings. The second kappa shape index (κ2) is 11.0. The van der Waals surface area contributed by atoms with Gasteiger partial charge in [0, 0.05) is 19.6 Å². The minimum absolute atomic E-state index is 0. The molecule has 0 aromatic heterocycles. The molecule has 1 aliphatic heterocycles. The Bertz CT molecular complexity index is 589. The molecule has 0 bridgehead atoms. The third kappa shape index (κ3) is 6.60. The molecule has 7 nitrogen and oxygen atoms in total. The second-order valence-electron chi connectivity index (χ2n) is 5.66. The Morgan fingerprint density at radius 2 is 1.92 bits per heavy atom. The Labute approximate surface area is 166 Å². The number of aliphatic imine (C=N–C) groups is 1. The Balaban J connectivity index is 0.00000312. The Hall–Kier alpha value is -1.71. The molecule has 0 radical (unpaired) electrons. The fraction of sp³-hybridized carbons (Fsp3) is 0.529. The first kappa shape index (κ1) is 21.3. The standard InChI is InChI=1S/C17H26N4O3.HI/c1-23-14-6-5-13(11-15(14)24-2)7-8-19-17(18)20-12-16(22)21-9-3-4-10-21;/h5-6,11H,3-4,7-10,12H2,1-2H3,(H3,18,19,20);1H. The van der Waals surface area contributed by atoms with Crippen LogP contribution in [0.25, 0.3) is 0 Å². The molecule has 140 valence electrons. The summed E-state index contributed by atoms with van der Waals surface area (Å²) in [5.41, 5.74) is 6.91. The molecule has 0 saturated carbocycles. The average molecular weight is 462 g/mol. The zero-order valence-electron chi connectivity index (χ0n) is 14.8. The summed E-state index contributed by atoms with van der Waals surface area (Å²) in [6.07, 6.45) is 2.92. The lowest BCUT2D eigenvalue weighted by atomic mass is 10.1. The summed E-state index contributed by atoms with van der Waals surface area (Å²) in [4.78, 5) is 17.8.